The molecule has 1 amide bonds. The third kappa shape index (κ3) is 5.16. The number of carbonyl (C=O) groups excluding carboxylic acids is 2. The first-order valence-electron chi connectivity index (χ1n) is 10.5. The zero-order valence-corrected chi connectivity index (χ0v) is 20.0. The van der Waals surface area contributed by atoms with Crippen molar-refractivity contribution in [3.05, 3.63) is 52.2 Å². The summed E-state index contributed by atoms with van der Waals surface area (Å²) in [5.74, 6) is 0.186. The lowest BCUT2D eigenvalue weighted by Crippen LogP contribution is -2.38. The topological polar surface area (TPSA) is 83.5 Å². The lowest BCUT2D eigenvalue weighted by Gasteiger charge is -2.36. The summed E-state index contributed by atoms with van der Waals surface area (Å²) in [6.45, 7) is 3.30. The number of amidine groups is 1. The summed E-state index contributed by atoms with van der Waals surface area (Å²) in [5.41, 5.74) is 2.83. The number of rotatable bonds is 9. The van der Waals surface area contributed by atoms with Gasteiger partial charge in [0.1, 0.15) is 5.75 Å². The van der Waals surface area contributed by atoms with Crippen LogP contribution in [0.1, 0.15) is 31.4 Å². The van der Waals surface area contributed by atoms with Gasteiger partial charge in [0.15, 0.2) is 5.17 Å². The third-order valence-electron chi connectivity index (χ3n) is 5.26. The fraction of sp³-hybridized carbons (Fsp3) is 0.435. The van der Waals surface area contributed by atoms with E-state index in [2.05, 4.69) is 5.32 Å². The molecule has 0 saturated carbocycles. The second-order valence-corrected chi connectivity index (χ2v) is 8.54. The molecule has 0 aliphatic carbocycles. The Kier molecular flexibility index (Phi) is 7.98. The Morgan fingerprint density at radius 2 is 2.06 bits per heavy atom. The molecule has 1 atom stereocenters. The van der Waals surface area contributed by atoms with Crippen molar-refractivity contribution in [1.29, 1.82) is 0 Å². The van der Waals surface area contributed by atoms with Gasteiger partial charge in [0.05, 0.1) is 38.0 Å². The van der Waals surface area contributed by atoms with Crippen LogP contribution in [0, 0.1) is 0 Å². The van der Waals surface area contributed by atoms with Gasteiger partial charge in [-0.1, -0.05) is 30.8 Å². The van der Waals surface area contributed by atoms with Crippen molar-refractivity contribution in [3.8, 4) is 5.75 Å². The van der Waals surface area contributed by atoms with Crippen LogP contribution in [0.3, 0.4) is 0 Å². The largest absolute Gasteiger partial charge is 0.497 e. The second kappa shape index (κ2) is 10.7. The molecule has 2 aliphatic rings. The molecule has 9 heteroatoms. The van der Waals surface area contributed by atoms with Crippen molar-refractivity contribution in [2.45, 2.75) is 25.8 Å². The van der Waals surface area contributed by atoms with E-state index >= 15 is 0 Å². The number of methoxy groups -OCH3 is 2. The summed E-state index contributed by atoms with van der Waals surface area (Å²) in [5, 5.41) is 5.64. The van der Waals surface area contributed by atoms with Gasteiger partial charge in [-0.05, 0) is 43.6 Å². The minimum atomic E-state index is -0.462. The van der Waals surface area contributed by atoms with Gasteiger partial charge in [-0.2, -0.15) is 0 Å². The minimum absolute atomic E-state index is 0.0748. The molecule has 0 fully saturated rings. The van der Waals surface area contributed by atoms with Crippen molar-refractivity contribution < 1.29 is 19.1 Å². The number of hydrogen-bond donors (Lipinski definition) is 1. The van der Waals surface area contributed by atoms with E-state index < -0.39 is 12.0 Å². The van der Waals surface area contributed by atoms with E-state index in [1.807, 2.05) is 60.5 Å². The van der Waals surface area contributed by atoms with Crippen LogP contribution in [0.5, 0.6) is 5.75 Å². The molecule has 0 bridgehead atoms. The van der Waals surface area contributed by atoms with Gasteiger partial charge in [-0.25, -0.2) is 9.79 Å². The fourth-order valence-electron chi connectivity index (χ4n) is 3.69. The molecule has 0 saturated heterocycles. The molecule has 0 radical (unpaired) electrons. The summed E-state index contributed by atoms with van der Waals surface area (Å²) in [4.78, 5) is 34.2. The summed E-state index contributed by atoms with van der Waals surface area (Å²) >= 11 is 1.46. The Morgan fingerprint density at radius 3 is 2.72 bits per heavy atom. The van der Waals surface area contributed by atoms with Crippen LogP contribution in [0.4, 0.5) is 0 Å². The predicted octanol–water partition coefficient (Wildman–Crippen LogP) is 2.90. The summed E-state index contributed by atoms with van der Waals surface area (Å²) in [7, 11) is 6.90. The standard InChI is InChI=1S/C23H30N4O4S/c1-6-18-20(22(29)31-5)21(15-8-7-9-17(12-15)30-4)27-16(14-32-23(27)25-18)13-19(28)24-10-11-26(2)3/h7-9,12,14,21H,6,10-11,13H2,1-5H3,(H,24,28). The van der Waals surface area contributed by atoms with Crippen LogP contribution in [-0.2, 0) is 14.3 Å². The number of nitrogens with zero attached hydrogens (tertiary/aromatic N) is 3. The van der Waals surface area contributed by atoms with E-state index in [1.54, 1.807) is 7.11 Å². The maximum atomic E-state index is 12.9. The molecule has 1 unspecified atom stereocenters. The highest BCUT2D eigenvalue weighted by Gasteiger charge is 2.41. The number of thioether (sulfide) groups is 1. The SMILES string of the molecule is CCC1=C(C(=O)OC)C(c2cccc(OC)c2)N2C(CC(=O)NCCN(C)C)=CSC2=N1. The van der Waals surface area contributed by atoms with E-state index in [-0.39, 0.29) is 12.3 Å². The van der Waals surface area contributed by atoms with E-state index in [9.17, 15) is 9.59 Å². The Balaban J connectivity index is 1.97. The molecule has 2 heterocycles. The van der Waals surface area contributed by atoms with E-state index in [0.29, 0.717) is 30.0 Å². The van der Waals surface area contributed by atoms with Gasteiger partial charge in [0, 0.05) is 18.8 Å². The van der Waals surface area contributed by atoms with Gasteiger partial charge in [0.2, 0.25) is 5.91 Å². The molecule has 0 aromatic heterocycles. The maximum absolute atomic E-state index is 12.9. The molecule has 8 nitrogen and oxygen atoms in total. The number of ether oxygens (including phenoxy) is 2. The van der Waals surface area contributed by atoms with Crippen LogP contribution in [0.25, 0.3) is 0 Å². The van der Waals surface area contributed by atoms with Gasteiger partial charge in [0.25, 0.3) is 0 Å². The zero-order valence-electron chi connectivity index (χ0n) is 19.2. The molecule has 172 valence electrons. The molecule has 1 aromatic carbocycles. The first-order chi connectivity index (χ1) is 15.4. The van der Waals surface area contributed by atoms with Gasteiger partial charge in [-0.3, -0.25) is 4.79 Å². The average Bonchev–Trinajstić information content (AvgIpc) is 3.19. The molecule has 0 spiro atoms. The Labute approximate surface area is 193 Å². The molecule has 2 aliphatic heterocycles. The number of esters is 1. The lowest BCUT2D eigenvalue weighted by molar-refractivity contribution is -0.136. The quantitative estimate of drug-likeness (QED) is 0.570. The van der Waals surface area contributed by atoms with Crippen molar-refractivity contribution in [1.82, 2.24) is 15.1 Å². The van der Waals surface area contributed by atoms with Crippen LogP contribution >= 0.6 is 11.8 Å². The molecular formula is C23H30N4O4S. The number of allylic oxidation sites excluding steroid dienone is 1. The molecule has 1 N–H and O–H groups in total. The first-order valence-corrected chi connectivity index (χ1v) is 11.4. The van der Waals surface area contributed by atoms with Crippen molar-refractivity contribution in [3.63, 3.8) is 0 Å². The lowest BCUT2D eigenvalue weighted by atomic mass is 9.92. The monoisotopic (exact) mass is 458 g/mol. The highest BCUT2D eigenvalue weighted by molar-refractivity contribution is 8.16. The summed E-state index contributed by atoms with van der Waals surface area (Å²) in [6, 6.07) is 7.14. The minimum Gasteiger partial charge on any atom is -0.497 e. The Bertz CT molecular complexity index is 970. The van der Waals surface area contributed by atoms with Crippen LogP contribution in [0.15, 0.2) is 51.6 Å². The first kappa shape index (κ1) is 23.9. The van der Waals surface area contributed by atoms with E-state index in [0.717, 1.165) is 23.0 Å². The van der Waals surface area contributed by atoms with Gasteiger partial charge >= 0.3 is 5.97 Å². The smallest absolute Gasteiger partial charge is 0.338 e. The predicted molar refractivity (Wildman–Crippen MR) is 126 cm³/mol. The van der Waals surface area contributed by atoms with Crippen molar-refractivity contribution in [2.75, 3.05) is 41.4 Å². The Hall–Kier alpha value is -2.78. The number of nitrogens with one attached hydrogen (secondary N) is 1. The molecule has 32 heavy (non-hydrogen) atoms. The number of amides is 1. The van der Waals surface area contributed by atoms with Gasteiger partial charge < -0.3 is 24.6 Å². The third-order valence-corrected chi connectivity index (χ3v) is 6.15. The average molecular weight is 459 g/mol. The number of carbonyl (C=O) groups is 2. The number of fused-ring (bicyclic) bond motifs is 1. The van der Waals surface area contributed by atoms with E-state index in [4.69, 9.17) is 14.5 Å². The highest BCUT2D eigenvalue weighted by Crippen LogP contribution is 2.45. The number of benzene rings is 1. The van der Waals surface area contributed by atoms with Crippen molar-refractivity contribution >= 4 is 28.8 Å². The Morgan fingerprint density at radius 1 is 1.28 bits per heavy atom. The zero-order chi connectivity index (χ0) is 23.3. The number of aliphatic imine (C=N–C) groups is 1. The maximum Gasteiger partial charge on any atom is 0.338 e. The van der Waals surface area contributed by atoms with Crippen LogP contribution < -0.4 is 10.1 Å². The van der Waals surface area contributed by atoms with Crippen LogP contribution in [0.2, 0.25) is 0 Å². The molecule has 3 rings (SSSR count). The normalized spacial score (nSPS) is 17.7. The van der Waals surface area contributed by atoms with Gasteiger partial charge in [-0.15, -0.1) is 0 Å². The number of hydrogen-bond acceptors (Lipinski definition) is 8. The highest BCUT2D eigenvalue weighted by atomic mass is 32.2. The fourth-order valence-corrected chi connectivity index (χ4v) is 4.62. The summed E-state index contributed by atoms with van der Waals surface area (Å²) in [6.07, 6.45) is 0.777. The second-order valence-electron chi connectivity index (χ2n) is 7.71. The summed E-state index contributed by atoms with van der Waals surface area (Å²) < 4.78 is 10.6. The molecular weight excluding hydrogens is 428 g/mol. The van der Waals surface area contributed by atoms with E-state index in [1.165, 1.54) is 18.9 Å². The molecule has 1 aromatic rings. The van der Waals surface area contributed by atoms with Crippen LogP contribution in [-0.4, -0.2) is 68.2 Å². The van der Waals surface area contributed by atoms with Crippen molar-refractivity contribution in [2.24, 2.45) is 4.99 Å². The number of likely N-dealkylation sites (N-methyl/N-ethyl adjacent to an activating group) is 1.